The molecule has 17 heavy (non-hydrogen) atoms. The van der Waals surface area contributed by atoms with Crippen molar-refractivity contribution in [1.82, 2.24) is 4.98 Å². The molecule has 2 rings (SSSR count). The maximum atomic E-state index is 11.9. The summed E-state index contributed by atoms with van der Waals surface area (Å²) in [5, 5.41) is 0. The van der Waals surface area contributed by atoms with Gasteiger partial charge in [0.15, 0.2) is 0 Å². The Morgan fingerprint density at radius 2 is 2.06 bits per heavy atom. The van der Waals surface area contributed by atoms with Crippen LogP contribution in [0.25, 0.3) is 0 Å². The van der Waals surface area contributed by atoms with Crippen LogP contribution in [0.5, 0.6) is 0 Å². The van der Waals surface area contributed by atoms with E-state index in [1.807, 2.05) is 0 Å². The zero-order chi connectivity index (χ0) is 12.5. The van der Waals surface area contributed by atoms with E-state index in [0.29, 0.717) is 5.69 Å². The monoisotopic (exact) mass is 253 g/mol. The zero-order valence-corrected chi connectivity index (χ0v) is 9.86. The minimum Gasteiger partial charge on any atom is -0.431 e. The Morgan fingerprint density at radius 3 is 2.65 bits per heavy atom. The Labute approximate surface area is 98.5 Å². The van der Waals surface area contributed by atoms with Crippen LogP contribution in [-0.2, 0) is 10.0 Å². The van der Waals surface area contributed by atoms with Crippen molar-refractivity contribution in [2.24, 2.45) is 0 Å². The Bertz CT molecular complexity index is 634. The molecule has 1 aromatic heterocycles. The normalized spacial score (nSPS) is 11.4. The van der Waals surface area contributed by atoms with Crippen molar-refractivity contribution in [3.8, 4) is 0 Å². The first-order valence-corrected chi connectivity index (χ1v) is 6.27. The molecule has 7 heteroatoms. The van der Waals surface area contributed by atoms with Crippen LogP contribution in [0, 0.1) is 6.92 Å². The van der Waals surface area contributed by atoms with Gasteiger partial charge < -0.3 is 10.2 Å². The molecular weight excluding hydrogens is 242 g/mol. The van der Waals surface area contributed by atoms with Gasteiger partial charge in [-0.3, -0.25) is 0 Å². The number of sulfonamides is 1. The van der Waals surface area contributed by atoms with Gasteiger partial charge in [0.05, 0.1) is 11.4 Å². The number of oxazole rings is 1. The molecule has 0 unspecified atom stereocenters. The van der Waals surface area contributed by atoms with Gasteiger partial charge in [0.2, 0.25) is 0 Å². The SMILES string of the molecule is Cc1coc(NS(=O)(=O)c2ccccc2N)n1. The number of benzene rings is 1. The summed E-state index contributed by atoms with van der Waals surface area (Å²) in [6, 6.07) is 6.09. The second-order valence-electron chi connectivity index (χ2n) is 3.44. The van der Waals surface area contributed by atoms with Crippen LogP contribution < -0.4 is 10.5 Å². The van der Waals surface area contributed by atoms with Crippen molar-refractivity contribution in [3.05, 3.63) is 36.2 Å². The van der Waals surface area contributed by atoms with Crippen LogP contribution >= 0.6 is 0 Å². The highest BCUT2D eigenvalue weighted by Crippen LogP contribution is 2.20. The molecule has 0 aliphatic heterocycles. The van der Waals surface area contributed by atoms with Crippen molar-refractivity contribution < 1.29 is 12.8 Å². The fourth-order valence-electron chi connectivity index (χ4n) is 1.30. The highest BCUT2D eigenvalue weighted by Gasteiger charge is 2.19. The molecule has 3 N–H and O–H groups in total. The van der Waals surface area contributed by atoms with E-state index >= 15 is 0 Å². The number of rotatable bonds is 3. The van der Waals surface area contributed by atoms with Crippen LogP contribution in [0.1, 0.15) is 5.69 Å². The van der Waals surface area contributed by atoms with E-state index in [9.17, 15) is 8.42 Å². The molecule has 0 aliphatic rings. The summed E-state index contributed by atoms with van der Waals surface area (Å²) >= 11 is 0. The number of nitrogens with zero attached hydrogens (tertiary/aromatic N) is 1. The minimum absolute atomic E-state index is 0.00384. The van der Waals surface area contributed by atoms with Crippen LogP contribution in [0.15, 0.2) is 39.8 Å². The summed E-state index contributed by atoms with van der Waals surface area (Å²) in [4.78, 5) is 3.85. The predicted molar refractivity (Wildman–Crippen MR) is 62.9 cm³/mol. The maximum Gasteiger partial charge on any atom is 0.309 e. The van der Waals surface area contributed by atoms with E-state index in [0.717, 1.165) is 0 Å². The van der Waals surface area contributed by atoms with Gasteiger partial charge in [-0.15, -0.1) is 0 Å². The molecule has 0 atom stereocenters. The third-order valence-corrected chi connectivity index (χ3v) is 3.44. The first kappa shape index (κ1) is 11.5. The minimum atomic E-state index is -3.76. The third kappa shape index (κ3) is 2.39. The quantitative estimate of drug-likeness (QED) is 0.805. The molecule has 2 aromatic rings. The summed E-state index contributed by atoms with van der Waals surface area (Å²) < 4.78 is 31.0. The zero-order valence-electron chi connectivity index (χ0n) is 9.04. The maximum absolute atomic E-state index is 11.9. The number of hydrogen-bond donors (Lipinski definition) is 2. The first-order chi connectivity index (χ1) is 7.99. The van der Waals surface area contributed by atoms with Crippen molar-refractivity contribution in [3.63, 3.8) is 0 Å². The van der Waals surface area contributed by atoms with Crippen LogP contribution in [0.2, 0.25) is 0 Å². The van der Waals surface area contributed by atoms with E-state index < -0.39 is 10.0 Å². The highest BCUT2D eigenvalue weighted by atomic mass is 32.2. The van der Waals surface area contributed by atoms with E-state index in [4.69, 9.17) is 10.2 Å². The molecule has 0 saturated carbocycles. The van der Waals surface area contributed by atoms with Gasteiger partial charge in [-0.2, -0.15) is 4.98 Å². The van der Waals surface area contributed by atoms with Crippen molar-refractivity contribution in [1.29, 1.82) is 0 Å². The lowest BCUT2D eigenvalue weighted by Crippen LogP contribution is -2.14. The Hall–Kier alpha value is -2.02. The standard InChI is InChI=1S/C10H11N3O3S/c1-7-6-16-10(12-7)13-17(14,15)9-5-3-2-4-8(9)11/h2-6H,11H2,1H3,(H,12,13). The summed E-state index contributed by atoms with van der Waals surface area (Å²) in [7, 11) is -3.76. The largest absolute Gasteiger partial charge is 0.431 e. The van der Waals surface area contributed by atoms with E-state index in [2.05, 4.69) is 9.71 Å². The van der Waals surface area contributed by atoms with Gasteiger partial charge in [-0.1, -0.05) is 12.1 Å². The molecule has 0 bridgehead atoms. The van der Waals surface area contributed by atoms with Crippen LogP contribution in [-0.4, -0.2) is 13.4 Å². The number of anilines is 2. The van der Waals surface area contributed by atoms with E-state index in [1.165, 1.54) is 18.4 Å². The molecular formula is C10H11N3O3S. The van der Waals surface area contributed by atoms with Gasteiger partial charge >= 0.3 is 6.01 Å². The van der Waals surface area contributed by atoms with Crippen LogP contribution in [0.4, 0.5) is 11.7 Å². The second-order valence-corrected chi connectivity index (χ2v) is 5.09. The smallest absolute Gasteiger partial charge is 0.309 e. The summed E-state index contributed by atoms with van der Waals surface area (Å²) in [5.41, 5.74) is 6.35. The molecule has 0 amide bonds. The first-order valence-electron chi connectivity index (χ1n) is 4.78. The number of aryl methyl sites for hydroxylation is 1. The summed E-state index contributed by atoms with van der Waals surface area (Å²) in [6.07, 6.45) is 1.35. The number of nitrogens with two attached hydrogens (primary N) is 1. The Kier molecular flexibility index (Phi) is 2.76. The third-order valence-electron chi connectivity index (χ3n) is 2.05. The number of aromatic nitrogens is 1. The van der Waals surface area contributed by atoms with Crippen molar-refractivity contribution in [2.45, 2.75) is 11.8 Å². The molecule has 0 fully saturated rings. The molecule has 0 saturated heterocycles. The molecule has 90 valence electrons. The van der Waals surface area contributed by atoms with Gasteiger partial charge in [0, 0.05) is 0 Å². The molecule has 6 nitrogen and oxygen atoms in total. The fraction of sp³-hybridized carbons (Fsp3) is 0.100. The molecule has 1 heterocycles. The molecule has 1 aromatic carbocycles. The van der Waals surface area contributed by atoms with Crippen molar-refractivity contribution in [2.75, 3.05) is 10.5 Å². The lowest BCUT2D eigenvalue weighted by Gasteiger charge is -2.06. The number of para-hydroxylation sites is 1. The van der Waals surface area contributed by atoms with Gasteiger partial charge in [0.25, 0.3) is 10.0 Å². The average Bonchev–Trinajstić information content (AvgIpc) is 2.63. The fourth-order valence-corrected chi connectivity index (χ4v) is 2.37. The lowest BCUT2D eigenvalue weighted by atomic mass is 10.3. The molecule has 0 aliphatic carbocycles. The van der Waals surface area contributed by atoms with Gasteiger partial charge in [-0.25, -0.2) is 13.1 Å². The summed E-state index contributed by atoms with van der Waals surface area (Å²) in [5.74, 6) is 0. The molecule has 0 radical (unpaired) electrons. The predicted octanol–water partition coefficient (Wildman–Crippen LogP) is 1.37. The average molecular weight is 253 g/mol. The van der Waals surface area contributed by atoms with Crippen LogP contribution in [0.3, 0.4) is 0 Å². The Balaban J connectivity index is 2.35. The van der Waals surface area contributed by atoms with Crippen molar-refractivity contribution >= 4 is 21.7 Å². The number of nitrogens with one attached hydrogen (secondary N) is 1. The lowest BCUT2D eigenvalue weighted by molar-refractivity contribution is 0.569. The highest BCUT2D eigenvalue weighted by molar-refractivity contribution is 7.92. The Morgan fingerprint density at radius 1 is 1.35 bits per heavy atom. The van der Waals surface area contributed by atoms with E-state index in [-0.39, 0.29) is 16.6 Å². The topological polar surface area (TPSA) is 98.2 Å². The second kappa shape index (κ2) is 4.10. The number of hydrogen-bond acceptors (Lipinski definition) is 5. The van der Waals surface area contributed by atoms with Gasteiger partial charge in [0.1, 0.15) is 11.2 Å². The summed E-state index contributed by atoms with van der Waals surface area (Å²) in [6.45, 7) is 1.69. The van der Waals surface area contributed by atoms with E-state index in [1.54, 1.807) is 19.1 Å². The van der Waals surface area contributed by atoms with Gasteiger partial charge in [-0.05, 0) is 19.1 Å². The number of nitrogen functional groups attached to an aromatic ring is 1. The molecule has 0 spiro atoms.